The van der Waals surface area contributed by atoms with E-state index in [-0.39, 0.29) is 0 Å². The van der Waals surface area contributed by atoms with Crippen LogP contribution >= 0.6 is 0 Å². The van der Waals surface area contributed by atoms with Crippen LogP contribution in [0.15, 0.2) is 0 Å². The number of hydrogen-bond donors (Lipinski definition) is 0. The molecule has 1 aliphatic carbocycles. The van der Waals surface area contributed by atoms with Crippen molar-refractivity contribution in [2.75, 3.05) is 0 Å². The van der Waals surface area contributed by atoms with Gasteiger partial charge in [0.05, 0.1) is 0 Å². The van der Waals surface area contributed by atoms with Crippen LogP contribution in [0.25, 0.3) is 0 Å². The molecule has 0 nitrogen and oxygen atoms in total. The zero-order chi connectivity index (χ0) is 15.9. The fourth-order valence-corrected chi connectivity index (χ4v) is 4.02. The maximum absolute atomic E-state index is 2.40. The summed E-state index contributed by atoms with van der Waals surface area (Å²) in [5.74, 6) is 2.05. The molecule has 0 aromatic rings. The molecule has 0 aromatic carbocycles. The van der Waals surface area contributed by atoms with Crippen LogP contribution in [0.1, 0.15) is 129 Å². The predicted octanol–water partition coefficient (Wildman–Crippen LogP) is 8.29. The van der Waals surface area contributed by atoms with Gasteiger partial charge < -0.3 is 0 Å². The standard InChI is InChI=1S/C22H44/c1-3-21(2)17-13-10-8-6-4-5-7-9-11-14-18-22-19-15-12-16-20-22/h21-22H,3-20H2,1-2H3. The predicted molar refractivity (Wildman–Crippen MR) is 101 cm³/mol. The zero-order valence-electron chi connectivity index (χ0n) is 15.9. The van der Waals surface area contributed by atoms with Crippen molar-refractivity contribution in [2.45, 2.75) is 129 Å². The second-order valence-corrected chi connectivity index (χ2v) is 8.13. The number of hydrogen-bond acceptors (Lipinski definition) is 0. The van der Waals surface area contributed by atoms with Crippen LogP contribution in [0.5, 0.6) is 0 Å². The Morgan fingerprint density at radius 2 is 1.18 bits per heavy atom. The van der Waals surface area contributed by atoms with Crippen molar-refractivity contribution in [3.63, 3.8) is 0 Å². The van der Waals surface area contributed by atoms with E-state index in [9.17, 15) is 0 Å². The molecule has 1 fully saturated rings. The van der Waals surface area contributed by atoms with Gasteiger partial charge in [0, 0.05) is 0 Å². The van der Waals surface area contributed by atoms with Gasteiger partial charge in [-0.05, 0) is 11.8 Å². The summed E-state index contributed by atoms with van der Waals surface area (Å²) >= 11 is 0. The summed E-state index contributed by atoms with van der Waals surface area (Å²) in [6.45, 7) is 4.72. The lowest BCUT2D eigenvalue weighted by Crippen LogP contribution is -2.05. The van der Waals surface area contributed by atoms with Crippen molar-refractivity contribution in [1.29, 1.82) is 0 Å². The minimum Gasteiger partial charge on any atom is -0.0651 e. The number of rotatable bonds is 14. The fraction of sp³-hybridized carbons (Fsp3) is 1.00. The Bertz CT molecular complexity index is 214. The Labute approximate surface area is 141 Å². The molecule has 0 amide bonds. The smallest absolute Gasteiger partial charge is 0.0414 e. The maximum Gasteiger partial charge on any atom is -0.0414 e. The van der Waals surface area contributed by atoms with Gasteiger partial charge >= 0.3 is 0 Å². The molecule has 0 aliphatic heterocycles. The number of unbranched alkanes of at least 4 members (excludes halogenated alkanes) is 9. The molecule has 0 bridgehead atoms. The first-order chi connectivity index (χ1) is 10.8. The molecule has 1 atom stereocenters. The second kappa shape index (κ2) is 14.6. The topological polar surface area (TPSA) is 0 Å². The highest BCUT2D eigenvalue weighted by atomic mass is 14.2. The molecule has 1 saturated carbocycles. The zero-order valence-corrected chi connectivity index (χ0v) is 15.9. The van der Waals surface area contributed by atoms with Gasteiger partial charge in [0.25, 0.3) is 0 Å². The van der Waals surface area contributed by atoms with Gasteiger partial charge in [0.2, 0.25) is 0 Å². The lowest BCUT2D eigenvalue weighted by atomic mass is 9.85. The Morgan fingerprint density at radius 1 is 0.682 bits per heavy atom. The van der Waals surface area contributed by atoms with E-state index in [0.717, 1.165) is 11.8 Å². The summed E-state index contributed by atoms with van der Waals surface area (Å²) in [5.41, 5.74) is 0. The van der Waals surface area contributed by atoms with E-state index in [1.807, 2.05) is 0 Å². The van der Waals surface area contributed by atoms with Crippen molar-refractivity contribution < 1.29 is 0 Å². The summed E-state index contributed by atoms with van der Waals surface area (Å²) in [6, 6.07) is 0. The van der Waals surface area contributed by atoms with E-state index < -0.39 is 0 Å². The first-order valence-corrected chi connectivity index (χ1v) is 10.8. The maximum atomic E-state index is 2.40. The molecular formula is C22H44. The van der Waals surface area contributed by atoms with Crippen molar-refractivity contribution >= 4 is 0 Å². The monoisotopic (exact) mass is 308 g/mol. The summed E-state index contributed by atoms with van der Waals surface area (Å²) in [5, 5.41) is 0. The van der Waals surface area contributed by atoms with Gasteiger partial charge in [-0.1, -0.05) is 129 Å². The highest BCUT2D eigenvalue weighted by molar-refractivity contribution is 4.65. The van der Waals surface area contributed by atoms with Gasteiger partial charge in [-0.3, -0.25) is 0 Å². The first kappa shape index (κ1) is 20.0. The third-order valence-electron chi connectivity index (χ3n) is 5.98. The second-order valence-electron chi connectivity index (χ2n) is 8.13. The lowest BCUT2D eigenvalue weighted by molar-refractivity contribution is 0.328. The van der Waals surface area contributed by atoms with E-state index in [0.29, 0.717) is 0 Å². The molecule has 132 valence electrons. The molecule has 22 heavy (non-hydrogen) atoms. The summed E-state index contributed by atoms with van der Waals surface area (Å²) < 4.78 is 0. The van der Waals surface area contributed by atoms with E-state index in [2.05, 4.69) is 13.8 Å². The average Bonchev–Trinajstić information content (AvgIpc) is 2.56. The van der Waals surface area contributed by atoms with Crippen LogP contribution in [0.3, 0.4) is 0 Å². The molecule has 0 heterocycles. The molecule has 0 N–H and O–H groups in total. The van der Waals surface area contributed by atoms with Crippen LogP contribution < -0.4 is 0 Å². The Balaban J connectivity index is 1.71. The van der Waals surface area contributed by atoms with Crippen LogP contribution in [-0.4, -0.2) is 0 Å². The average molecular weight is 309 g/mol. The van der Waals surface area contributed by atoms with E-state index in [1.165, 1.54) is 116 Å². The molecule has 1 unspecified atom stereocenters. The molecule has 0 aromatic heterocycles. The Hall–Kier alpha value is 0. The largest absolute Gasteiger partial charge is 0.0651 e. The molecular weight excluding hydrogens is 264 g/mol. The SMILES string of the molecule is CCC(C)CCCCCCCCCCCCC1CCCCC1. The molecule has 1 aliphatic rings. The third-order valence-corrected chi connectivity index (χ3v) is 5.98. The molecule has 0 saturated heterocycles. The molecule has 0 spiro atoms. The Kier molecular flexibility index (Phi) is 13.3. The van der Waals surface area contributed by atoms with Gasteiger partial charge in [-0.2, -0.15) is 0 Å². The van der Waals surface area contributed by atoms with Crippen LogP contribution in [-0.2, 0) is 0 Å². The fourth-order valence-electron chi connectivity index (χ4n) is 4.02. The van der Waals surface area contributed by atoms with Gasteiger partial charge in [0.1, 0.15) is 0 Å². The van der Waals surface area contributed by atoms with E-state index in [1.54, 1.807) is 0 Å². The highest BCUT2D eigenvalue weighted by Gasteiger charge is 2.12. The van der Waals surface area contributed by atoms with Crippen molar-refractivity contribution in [3.05, 3.63) is 0 Å². The molecule has 1 rings (SSSR count). The molecule has 0 heteroatoms. The summed E-state index contributed by atoms with van der Waals surface area (Å²) in [4.78, 5) is 0. The minimum atomic E-state index is 0.952. The minimum absolute atomic E-state index is 0.952. The van der Waals surface area contributed by atoms with Gasteiger partial charge in [0.15, 0.2) is 0 Å². The van der Waals surface area contributed by atoms with Crippen molar-refractivity contribution in [2.24, 2.45) is 11.8 Å². The van der Waals surface area contributed by atoms with Crippen LogP contribution in [0, 0.1) is 11.8 Å². The highest BCUT2D eigenvalue weighted by Crippen LogP contribution is 2.28. The third kappa shape index (κ3) is 11.6. The van der Waals surface area contributed by atoms with Crippen LogP contribution in [0.2, 0.25) is 0 Å². The summed E-state index contributed by atoms with van der Waals surface area (Å²) in [7, 11) is 0. The van der Waals surface area contributed by atoms with Crippen molar-refractivity contribution in [1.82, 2.24) is 0 Å². The Morgan fingerprint density at radius 3 is 1.73 bits per heavy atom. The van der Waals surface area contributed by atoms with Gasteiger partial charge in [-0.15, -0.1) is 0 Å². The van der Waals surface area contributed by atoms with Gasteiger partial charge in [-0.25, -0.2) is 0 Å². The molecule has 0 radical (unpaired) electrons. The quantitative estimate of drug-likeness (QED) is 0.283. The van der Waals surface area contributed by atoms with E-state index in [4.69, 9.17) is 0 Å². The van der Waals surface area contributed by atoms with E-state index >= 15 is 0 Å². The van der Waals surface area contributed by atoms with Crippen molar-refractivity contribution in [3.8, 4) is 0 Å². The normalized spacial score (nSPS) is 17.7. The van der Waals surface area contributed by atoms with Crippen LogP contribution in [0.4, 0.5) is 0 Å². The lowest BCUT2D eigenvalue weighted by Gasteiger charge is -2.21. The first-order valence-electron chi connectivity index (χ1n) is 10.8. The summed E-state index contributed by atoms with van der Waals surface area (Å²) in [6.07, 6.45) is 26.9.